The average Bonchev–Trinajstić information content (AvgIpc) is 3.50. The van der Waals surface area contributed by atoms with Gasteiger partial charge in [0, 0.05) is 11.5 Å². The highest BCUT2D eigenvalue weighted by molar-refractivity contribution is 5.80. The van der Waals surface area contributed by atoms with Crippen LogP contribution in [0.15, 0.2) is 48.5 Å². The number of hydrogen-bond donors (Lipinski definition) is 2. The van der Waals surface area contributed by atoms with E-state index in [4.69, 9.17) is 15.8 Å². The van der Waals surface area contributed by atoms with Crippen LogP contribution in [-0.2, 0) is 6.54 Å². The molecule has 0 saturated heterocycles. The number of nitrogens with zero attached hydrogens (tertiary/aromatic N) is 6. The predicted molar refractivity (Wildman–Crippen MR) is 125 cm³/mol. The highest BCUT2D eigenvalue weighted by Gasteiger charge is 2.19. The van der Waals surface area contributed by atoms with Gasteiger partial charge in [-0.05, 0) is 40.0 Å². The predicted octanol–water partition coefficient (Wildman–Crippen LogP) is 4.49. The first-order valence-corrected chi connectivity index (χ1v) is 11.2. The van der Waals surface area contributed by atoms with Crippen LogP contribution in [0.1, 0.15) is 69.2 Å². The van der Waals surface area contributed by atoms with Crippen molar-refractivity contribution in [3.8, 4) is 22.5 Å². The molecule has 0 saturated carbocycles. The average molecular weight is 431 g/mol. The Balaban J connectivity index is 1.60. The first kappa shape index (κ1) is 21.8. The van der Waals surface area contributed by atoms with Gasteiger partial charge >= 0.3 is 0 Å². The van der Waals surface area contributed by atoms with Gasteiger partial charge in [0.25, 0.3) is 0 Å². The molecule has 0 fully saturated rings. The van der Waals surface area contributed by atoms with E-state index in [9.17, 15) is 0 Å². The Morgan fingerprint density at radius 1 is 1.03 bits per heavy atom. The standard InChI is InChI=1S/C24H30N8/c1-4-8-21(25)23-26-24(16(3)5-2)32(29-23)15-17-11-13-18(14-12-17)19-9-6-7-10-20(19)22-27-30-31-28-22/h6-7,9-14,16,21H,4-5,8,15,25H2,1-3H3,(H,27,28,30,31). The lowest BCUT2D eigenvalue weighted by Gasteiger charge is -2.12. The molecule has 0 radical (unpaired) electrons. The molecule has 2 heterocycles. The molecule has 2 atom stereocenters. The first-order chi connectivity index (χ1) is 15.6. The van der Waals surface area contributed by atoms with Crippen LogP contribution in [0.25, 0.3) is 22.5 Å². The Bertz CT molecular complexity index is 1130. The fourth-order valence-corrected chi connectivity index (χ4v) is 3.81. The van der Waals surface area contributed by atoms with E-state index >= 15 is 0 Å². The van der Waals surface area contributed by atoms with Crippen molar-refractivity contribution in [3.05, 3.63) is 65.7 Å². The van der Waals surface area contributed by atoms with Crippen molar-refractivity contribution in [2.45, 2.75) is 58.5 Å². The lowest BCUT2D eigenvalue weighted by molar-refractivity contribution is 0.564. The van der Waals surface area contributed by atoms with E-state index in [1.807, 2.05) is 22.9 Å². The van der Waals surface area contributed by atoms with Crippen molar-refractivity contribution in [2.75, 3.05) is 0 Å². The third-order valence-corrected chi connectivity index (χ3v) is 5.83. The number of hydrogen-bond acceptors (Lipinski definition) is 6. The van der Waals surface area contributed by atoms with E-state index in [0.29, 0.717) is 18.3 Å². The zero-order chi connectivity index (χ0) is 22.5. The maximum Gasteiger partial charge on any atom is 0.180 e. The fourth-order valence-electron chi connectivity index (χ4n) is 3.81. The number of nitrogens with one attached hydrogen (secondary N) is 1. The van der Waals surface area contributed by atoms with E-state index in [2.05, 4.69) is 71.7 Å². The van der Waals surface area contributed by atoms with Crippen LogP contribution < -0.4 is 5.73 Å². The van der Waals surface area contributed by atoms with Crippen LogP contribution in [0.3, 0.4) is 0 Å². The van der Waals surface area contributed by atoms with E-state index in [0.717, 1.165) is 53.2 Å². The van der Waals surface area contributed by atoms with Gasteiger partial charge in [-0.25, -0.2) is 14.8 Å². The van der Waals surface area contributed by atoms with Gasteiger partial charge in [-0.1, -0.05) is 75.7 Å². The van der Waals surface area contributed by atoms with Crippen molar-refractivity contribution in [2.24, 2.45) is 5.73 Å². The number of H-pyrrole nitrogens is 1. The second kappa shape index (κ2) is 9.82. The monoisotopic (exact) mass is 430 g/mol. The van der Waals surface area contributed by atoms with E-state index in [1.54, 1.807) is 0 Å². The number of rotatable bonds is 9. The molecule has 0 spiro atoms. The number of aromatic nitrogens is 7. The highest BCUT2D eigenvalue weighted by Crippen LogP contribution is 2.30. The van der Waals surface area contributed by atoms with Gasteiger partial charge in [-0.2, -0.15) is 5.10 Å². The maximum absolute atomic E-state index is 6.31. The summed E-state index contributed by atoms with van der Waals surface area (Å²) in [5.41, 5.74) is 10.6. The van der Waals surface area contributed by atoms with Crippen molar-refractivity contribution >= 4 is 0 Å². The Labute approximate surface area is 188 Å². The summed E-state index contributed by atoms with van der Waals surface area (Å²) in [5.74, 6) is 2.72. The fraction of sp³-hybridized carbons (Fsp3) is 0.375. The van der Waals surface area contributed by atoms with Crippen LogP contribution in [0.5, 0.6) is 0 Å². The van der Waals surface area contributed by atoms with Crippen LogP contribution in [0, 0.1) is 0 Å². The van der Waals surface area contributed by atoms with E-state index in [1.165, 1.54) is 0 Å². The number of tetrazole rings is 1. The molecule has 2 unspecified atom stereocenters. The molecule has 32 heavy (non-hydrogen) atoms. The molecule has 8 nitrogen and oxygen atoms in total. The summed E-state index contributed by atoms with van der Waals surface area (Å²) < 4.78 is 2.02. The summed E-state index contributed by atoms with van der Waals surface area (Å²) in [6.07, 6.45) is 2.91. The zero-order valence-corrected chi connectivity index (χ0v) is 18.9. The quantitative estimate of drug-likeness (QED) is 0.405. The minimum absolute atomic E-state index is 0.117. The van der Waals surface area contributed by atoms with Crippen LogP contribution in [-0.4, -0.2) is 35.4 Å². The summed E-state index contributed by atoms with van der Waals surface area (Å²) in [4.78, 5) is 4.81. The molecule has 0 aliphatic heterocycles. The first-order valence-electron chi connectivity index (χ1n) is 11.2. The lowest BCUT2D eigenvalue weighted by atomic mass is 9.98. The Morgan fingerprint density at radius 3 is 2.44 bits per heavy atom. The lowest BCUT2D eigenvalue weighted by Crippen LogP contribution is -2.12. The van der Waals surface area contributed by atoms with E-state index < -0.39 is 0 Å². The van der Waals surface area contributed by atoms with Gasteiger partial charge in [0.2, 0.25) is 0 Å². The summed E-state index contributed by atoms with van der Waals surface area (Å²) in [5, 5.41) is 19.1. The topological polar surface area (TPSA) is 111 Å². The maximum atomic E-state index is 6.31. The van der Waals surface area contributed by atoms with Crippen molar-refractivity contribution in [1.82, 2.24) is 35.4 Å². The third-order valence-electron chi connectivity index (χ3n) is 5.83. The van der Waals surface area contributed by atoms with Gasteiger partial charge in [0.1, 0.15) is 5.82 Å². The second-order valence-electron chi connectivity index (χ2n) is 8.18. The van der Waals surface area contributed by atoms with Crippen molar-refractivity contribution in [3.63, 3.8) is 0 Å². The molecule has 2 aromatic heterocycles. The smallest absolute Gasteiger partial charge is 0.180 e. The Morgan fingerprint density at radius 2 is 1.78 bits per heavy atom. The molecular formula is C24H30N8. The largest absolute Gasteiger partial charge is 0.321 e. The minimum Gasteiger partial charge on any atom is -0.321 e. The summed E-state index contributed by atoms with van der Waals surface area (Å²) in [7, 11) is 0. The number of nitrogens with two attached hydrogens (primary N) is 1. The van der Waals surface area contributed by atoms with Crippen LogP contribution in [0.4, 0.5) is 0 Å². The van der Waals surface area contributed by atoms with Gasteiger partial charge in [-0.15, -0.1) is 5.10 Å². The third kappa shape index (κ3) is 4.60. The summed E-state index contributed by atoms with van der Waals surface area (Å²) >= 11 is 0. The molecule has 0 amide bonds. The molecule has 8 heteroatoms. The molecule has 0 aliphatic rings. The van der Waals surface area contributed by atoms with Crippen molar-refractivity contribution < 1.29 is 0 Å². The number of benzene rings is 2. The van der Waals surface area contributed by atoms with Crippen molar-refractivity contribution in [1.29, 1.82) is 0 Å². The number of aromatic amines is 1. The molecule has 4 rings (SSSR count). The SMILES string of the molecule is CCCC(N)c1nc(C(C)CC)n(Cc2ccc(-c3ccccc3-c3nnn[nH]3)cc2)n1. The molecule has 0 aliphatic carbocycles. The van der Waals surface area contributed by atoms with Gasteiger partial charge in [0.05, 0.1) is 12.6 Å². The molecule has 0 bridgehead atoms. The molecule has 2 aromatic carbocycles. The Kier molecular flexibility index (Phi) is 6.70. The summed E-state index contributed by atoms with van der Waals surface area (Å²) in [6, 6.07) is 16.5. The highest BCUT2D eigenvalue weighted by atomic mass is 15.5. The Hall–Kier alpha value is -3.39. The molecule has 3 N–H and O–H groups in total. The zero-order valence-electron chi connectivity index (χ0n) is 18.9. The van der Waals surface area contributed by atoms with Crippen LogP contribution >= 0.6 is 0 Å². The van der Waals surface area contributed by atoms with Crippen LogP contribution in [0.2, 0.25) is 0 Å². The normalized spacial score (nSPS) is 13.2. The second-order valence-corrected chi connectivity index (χ2v) is 8.18. The van der Waals surface area contributed by atoms with E-state index in [-0.39, 0.29) is 6.04 Å². The van der Waals surface area contributed by atoms with Gasteiger partial charge < -0.3 is 5.73 Å². The van der Waals surface area contributed by atoms with Gasteiger partial charge in [0.15, 0.2) is 11.6 Å². The molecular weight excluding hydrogens is 400 g/mol. The molecule has 4 aromatic rings. The minimum atomic E-state index is -0.117. The van der Waals surface area contributed by atoms with Gasteiger partial charge in [-0.3, -0.25) is 0 Å². The summed E-state index contributed by atoms with van der Waals surface area (Å²) in [6.45, 7) is 7.16. The molecule has 166 valence electrons.